The summed E-state index contributed by atoms with van der Waals surface area (Å²) in [5.74, 6) is 1.33. The van der Waals surface area contributed by atoms with Gasteiger partial charge in [-0.25, -0.2) is 0 Å². The van der Waals surface area contributed by atoms with Crippen LogP contribution in [-0.4, -0.2) is 6.72 Å². The van der Waals surface area contributed by atoms with Crippen molar-refractivity contribution in [1.29, 1.82) is 0 Å². The molecule has 84 valence electrons. The minimum Gasteiger partial charge on any atom is -0.264 e. The highest BCUT2D eigenvalue weighted by Gasteiger charge is 2.22. The maximum atomic E-state index is 5.84. The Morgan fingerprint density at radius 2 is 2.31 bits per heavy atom. The van der Waals surface area contributed by atoms with Crippen LogP contribution in [0.5, 0.6) is 0 Å². The number of rotatable bonds is 4. The lowest BCUT2D eigenvalue weighted by Crippen LogP contribution is -1.84. The van der Waals surface area contributed by atoms with Gasteiger partial charge in [0.25, 0.3) is 0 Å². The van der Waals surface area contributed by atoms with Crippen molar-refractivity contribution < 1.29 is 0 Å². The Kier molecular flexibility index (Phi) is 3.45. The molecule has 0 N–H and O–H groups in total. The van der Waals surface area contributed by atoms with Crippen LogP contribution in [0.15, 0.2) is 28.8 Å². The quantitative estimate of drug-likeness (QED) is 0.534. The standard InChI is InChI=1S/C14H16ClN/c1-10(12-4-5-12)7-13-8-11(9-15)3-6-14(13)16-2/h3,6-8,12H,2,4-5,9H2,1H3/b10-7+. The van der Waals surface area contributed by atoms with Crippen LogP contribution in [0.1, 0.15) is 30.9 Å². The molecule has 0 atom stereocenters. The van der Waals surface area contributed by atoms with Gasteiger partial charge in [-0.1, -0.05) is 17.7 Å². The summed E-state index contributed by atoms with van der Waals surface area (Å²) >= 11 is 5.84. The summed E-state index contributed by atoms with van der Waals surface area (Å²) in [6.07, 6.45) is 4.88. The van der Waals surface area contributed by atoms with E-state index < -0.39 is 0 Å². The molecule has 0 unspecified atom stereocenters. The third-order valence-electron chi connectivity index (χ3n) is 3.02. The molecule has 1 aliphatic carbocycles. The summed E-state index contributed by atoms with van der Waals surface area (Å²) in [5.41, 5.74) is 4.65. The third kappa shape index (κ3) is 2.53. The molecule has 1 saturated carbocycles. The summed E-state index contributed by atoms with van der Waals surface area (Å²) in [7, 11) is 0. The van der Waals surface area contributed by atoms with E-state index in [0.29, 0.717) is 5.88 Å². The number of halogens is 1. The first-order chi connectivity index (χ1) is 7.74. The fourth-order valence-corrected chi connectivity index (χ4v) is 2.01. The van der Waals surface area contributed by atoms with Gasteiger partial charge in [0.05, 0.1) is 5.69 Å². The van der Waals surface area contributed by atoms with E-state index in [4.69, 9.17) is 11.6 Å². The molecule has 1 aromatic rings. The molecule has 1 nitrogen and oxygen atoms in total. The number of benzene rings is 1. The number of nitrogens with zero attached hydrogens (tertiary/aromatic N) is 1. The molecule has 16 heavy (non-hydrogen) atoms. The predicted molar refractivity (Wildman–Crippen MR) is 71.6 cm³/mol. The molecule has 0 heterocycles. The van der Waals surface area contributed by atoms with Gasteiger partial charge in [-0.3, -0.25) is 4.99 Å². The molecule has 1 aromatic carbocycles. The van der Waals surface area contributed by atoms with Crippen LogP contribution in [0.3, 0.4) is 0 Å². The van der Waals surface area contributed by atoms with Crippen LogP contribution >= 0.6 is 11.6 Å². The van der Waals surface area contributed by atoms with Crippen LogP contribution in [0.4, 0.5) is 5.69 Å². The Labute approximate surface area is 102 Å². The van der Waals surface area contributed by atoms with Gasteiger partial charge in [0.2, 0.25) is 0 Å². The van der Waals surface area contributed by atoms with Crippen molar-refractivity contribution in [2.24, 2.45) is 10.9 Å². The summed E-state index contributed by atoms with van der Waals surface area (Å²) in [5, 5.41) is 0. The van der Waals surface area contributed by atoms with Crippen molar-refractivity contribution in [3.8, 4) is 0 Å². The van der Waals surface area contributed by atoms with Gasteiger partial charge >= 0.3 is 0 Å². The summed E-state index contributed by atoms with van der Waals surface area (Å²) in [4.78, 5) is 4.04. The number of hydrogen-bond donors (Lipinski definition) is 0. The number of alkyl halides is 1. The van der Waals surface area contributed by atoms with E-state index >= 15 is 0 Å². The Morgan fingerprint density at radius 1 is 1.56 bits per heavy atom. The van der Waals surface area contributed by atoms with E-state index in [1.54, 1.807) is 0 Å². The monoisotopic (exact) mass is 233 g/mol. The molecule has 0 saturated heterocycles. The van der Waals surface area contributed by atoms with Crippen molar-refractivity contribution in [3.63, 3.8) is 0 Å². The van der Waals surface area contributed by atoms with Gasteiger partial charge in [-0.15, -0.1) is 11.6 Å². The minimum atomic E-state index is 0.542. The molecular formula is C14H16ClN. The zero-order chi connectivity index (χ0) is 11.5. The second-order valence-electron chi connectivity index (χ2n) is 4.35. The van der Waals surface area contributed by atoms with Gasteiger partial charge in [-0.05, 0) is 50.1 Å². The van der Waals surface area contributed by atoms with Crippen LogP contribution in [0.25, 0.3) is 6.08 Å². The van der Waals surface area contributed by atoms with E-state index in [1.807, 2.05) is 12.1 Å². The van der Waals surface area contributed by atoms with Crippen LogP contribution in [0.2, 0.25) is 0 Å². The third-order valence-corrected chi connectivity index (χ3v) is 3.33. The lowest BCUT2D eigenvalue weighted by Gasteiger charge is -2.05. The largest absolute Gasteiger partial charge is 0.264 e. The van der Waals surface area contributed by atoms with E-state index in [1.165, 1.54) is 18.4 Å². The Bertz CT molecular complexity index is 430. The Morgan fingerprint density at radius 3 is 2.88 bits per heavy atom. The minimum absolute atomic E-state index is 0.542. The molecule has 1 aliphatic rings. The van der Waals surface area contributed by atoms with Gasteiger partial charge in [0.1, 0.15) is 0 Å². The molecule has 2 rings (SSSR count). The molecule has 1 fully saturated rings. The van der Waals surface area contributed by atoms with Crippen molar-refractivity contribution in [2.45, 2.75) is 25.6 Å². The van der Waals surface area contributed by atoms with E-state index in [-0.39, 0.29) is 0 Å². The van der Waals surface area contributed by atoms with E-state index in [2.05, 4.69) is 30.8 Å². The Hall–Kier alpha value is -1.08. The predicted octanol–water partition coefficient (Wildman–Crippen LogP) is 4.57. The first-order valence-corrected chi connectivity index (χ1v) is 6.12. The Balaban J connectivity index is 2.35. The molecule has 2 heteroatoms. The maximum absolute atomic E-state index is 5.84. The van der Waals surface area contributed by atoms with Crippen molar-refractivity contribution >= 4 is 30.1 Å². The first kappa shape index (κ1) is 11.4. The normalized spacial score (nSPS) is 16.2. The molecular weight excluding hydrogens is 218 g/mol. The molecule has 0 amide bonds. The first-order valence-electron chi connectivity index (χ1n) is 5.58. The summed E-state index contributed by atoms with van der Waals surface area (Å²) < 4.78 is 0. The molecule has 0 spiro atoms. The molecule has 0 aromatic heterocycles. The SMILES string of the molecule is C=Nc1ccc(CCl)cc1/C=C(\C)C1CC1. The average Bonchev–Trinajstić information content (AvgIpc) is 3.12. The average molecular weight is 234 g/mol. The summed E-state index contributed by atoms with van der Waals surface area (Å²) in [6.45, 7) is 5.79. The van der Waals surface area contributed by atoms with Crippen molar-refractivity contribution in [1.82, 2.24) is 0 Å². The lowest BCUT2D eigenvalue weighted by molar-refractivity contribution is 1.02. The number of aliphatic imine (C=N–C) groups is 1. The number of allylic oxidation sites excluding steroid dienone is 1. The number of hydrogen-bond acceptors (Lipinski definition) is 1. The highest BCUT2D eigenvalue weighted by Crippen LogP contribution is 2.38. The van der Waals surface area contributed by atoms with E-state index in [9.17, 15) is 0 Å². The second-order valence-corrected chi connectivity index (χ2v) is 4.61. The zero-order valence-corrected chi connectivity index (χ0v) is 10.3. The molecule has 0 bridgehead atoms. The van der Waals surface area contributed by atoms with Gasteiger partial charge in [0, 0.05) is 11.4 Å². The van der Waals surface area contributed by atoms with Crippen LogP contribution in [0, 0.1) is 5.92 Å². The molecule has 0 aliphatic heterocycles. The topological polar surface area (TPSA) is 12.4 Å². The van der Waals surface area contributed by atoms with Crippen molar-refractivity contribution in [2.75, 3.05) is 0 Å². The van der Waals surface area contributed by atoms with Gasteiger partial charge < -0.3 is 0 Å². The maximum Gasteiger partial charge on any atom is 0.0694 e. The smallest absolute Gasteiger partial charge is 0.0694 e. The van der Waals surface area contributed by atoms with E-state index in [0.717, 1.165) is 22.7 Å². The molecule has 0 radical (unpaired) electrons. The fourth-order valence-electron chi connectivity index (χ4n) is 1.85. The fraction of sp³-hybridized carbons (Fsp3) is 0.357. The van der Waals surface area contributed by atoms with Crippen LogP contribution in [-0.2, 0) is 5.88 Å². The summed E-state index contributed by atoms with van der Waals surface area (Å²) in [6, 6.07) is 6.08. The zero-order valence-electron chi connectivity index (χ0n) is 9.54. The van der Waals surface area contributed by atoms with Gasteiger partial charge in [-0.2, -0.15) is 0 Å². The van der Waals surface area contributed by atoms with Gasteiger partial charge in [0.15, 0.2) is 0 Å². The highest BCUT2D eigenvalue weighted by atomic mass is 35.5. The second kappa shape index (κ2) is 4.84. The van der Waals surface area contributed by atoms with Crippen molar-refractivity contribution in [3.05, 3.63) is 34.9 Å². The lowest BCUT2D eigenvalue weighted by atomic mass is 10.0. The highest BCUT2D eigenvalue weighted by molar-refractivity contribution is 6.17. The van der Waals surface area contributed by atoms with Crippen LogP contribution < -0.4 is 0 Å².